The van der Waals surface area contributed by atoms with Gasteiger partial charge in [0, 0.05) is 13.1 Å². The van der Waals surface area contributed by atoms with Crippen LogP contribution in [0.2, 0.25) is 0 Å². The number of hydrogen-bond acceptors (Lipinski definition) is 5. The molecule has 0 unspecified atom stereocenters. The van der Waals surface area contributed by atoms with Crippen molar-refractivity contribution in [1.29, 1.82) is 0 Å². The second-order valence-corrected chi connectivity index (χ2v) is 4.20. The van der Waals surface area contributed by atoms with E-state index < -0.39 is 0 Å². The highest BCUT2D eigenvalue weighted by molar-refractivity contribution is 5.92. The lowest BCUT2D eigenvalue weighted by Gasteiger charge is -2.17. The topological polar surface area (TPSA) is 71.3 Å². The van der Waals surface area contributed by atoms with Crippen molar-refractivity contribution < 1.29 is 9.21 Å². The van der Waals surface area contributed by atoms with Gasteiger partial charge in [0.05, 0.1) is 25.2 Å². The van der Waals surface area contributed by atoms with E-state index in [0.29, 0.717) is 31.1 Å². The predicted octanol–water partition coefficient (Wildman–Crippen LogP) is 2.16. The van der Waals surface area contributed by atoms with Gasteiger partial charge in [-0.3, -0.25) is 4.79 Å². The lowest BCUT2D eigenvalue weighted by Crippen LogP contribution is -2.31. The molecule has 2 rings (SSSR count). The van der Waals surface area contributed by atoms with Crippen molar-refractivity contribution in [2.45, 2.75) is 20.4 Å². The highest BCUT2D eigenvalue weighted by Gasteiger charge is 2.14. The van der Waals surface area contributed by atoms with Crippen LogP contribution < -0.4 is 5.32 Å². The Morgan fingerprint density at radius 2 is 2.10 bits per heavy atom. The summed E-state index contributed by atoms with van der Waals surface area (Å²) in [5.41, 5.74) is 0.359. The third-order valence-corrected chi connectivity index (χ3v) is 2.95. The summed E-state index contributed by atoms with van der Waals surface area (Å²) in [5, 5.41) is 3.08. The molecule has 0 saturated heterocycles. The van der Waals surface area contributed by atoms with Gasteiger partial charge >= 0.3 is 0 Å². The fourth-order valence-corrected chi connectivity index (χ4v) is 1.79. The number of anilines is 1. The Bertz CT molecular complexity index is 533. The maximum Gasteiger partial charge on any atom is 0.274 e. The average molecular weight is 274 g/mol. The van der Waals surface area contributed by atoms with E-state index in [0.717, 1.165) is 5.76 Å². The van der Waals surface area contributed by atoms with E-state index >= 15 is 0 Å². The minimum absolute atomic E-state index is 0.0971. The molecule has 0 aliphatic heterocycles. The van der Waals surface area contributed by atoms with Crippen molar-refractivity contribution in [2.24, 2.45) is 0 Å². The van der Waals surface area contributed by atoms with E-state index in [1.165, 1.54) is 6.20 Å². The van der Waals surface area contributed by atoms with E-state index in [9.17, 15) is 4.79 Å². The van der Waals surface area contributed by atoms with Crippen molar-refractivity contribution in [2.75, 3.05) is 18.4 Å². The first-order chi connectivity index (χ1) is 9.74. The van der Waals surface area contributed by atoms with E-state index in [-0.39, 0.29) is 5.91 Å². The average Bonchev–Trinajstić information content (AvgIpc) is 3.00. The highest BCUT2D eigenvalue weighted by atomic mass is 16.3. The zero-order valence-corrected chi connectivity index (χ0v) is 11.7. The Morgan fingerprint density at radius 3 is 2.65 bits per heavy atom. The Balaban J connectivity index is 1.97. The zero-order valence-electron chi connectivity index (χ0n) is 11.7. The standard InChI is InChI=1S/C14H18N4O2/c1-3-18(4-2)14(19)12-9-17-13(10-15-12)16-8-11-6-5-7-20-11/h5-7,9-10H,3-4,8H2,1-2H3,(H,16,17). The van der Waals surface area contributed by atoms with Gasteiger partial charge in [-0.1, -0.05) is 0 Å². The van der Waals surface area contributed by atoms with Crippen LogP contribution in [0, 0.1) is 0 Å². The van der Waals surface area contributed by atoms with Gasteiger partial charge in [0.2, 0.25) is 0 Å². The zero-order chi connectivity index (χ0) is 14.4. The monoisotopic (exact) mass is 274 g/mol. The van der Waals surface area contributed by atoms with Gasteiger partial charge < -0.3 is 14.6 Å². The van der Waals surface area contributed by atoms with Crippen LogP contribution in [-0.4, -0.2) is 33.9 Å². The molecule has 20 heavy (non-hydrogen) atoms. The Morgan fingerprint density at radius 1 is 1.30 bits per heavy atom. The molecule has 2 aromatic rings. The summed E-state index contributed by atoms with van der Waals surface area (Å²) in [4.78, 5) is 22.1. The first-order valence-corrected chi connectivity index (χ1v) is 6.62. The summed E-state index contributed by atoms with van der Waals surface area (Å²) < 4.78 is 5.21. The summed E-state index contributed by atoms with van der Waals surface area (Å²) in [7, 11) is 0. The summed E-state index contributed by atoms with van der Waals surface area (Å²) in [6.45, 7) is 5.73. The fourth-order valence-electron chi connectivity index (χ4n) is 1.79. The molecule has 0 bridgehead atoms. The lowest BCUT2D eigenvalue weighted by atomic mass is 10.3. The maximum atomic E-state index is 12.1. The summed E-state index contributed by atoms with van der Waals surface area (Å²) in [5.74, 6) is 1.33. The molecule has 1 amide bonds. The molecule has 0 radical (unpaired) electrons. The molecule has 0 fully saturated rings. The Labute approximate surface area is 117 Å². The van der Waals surface area contributed by atoms with E-state index in [2.05, 4.69) is 15.3 Å². The summed E-state index contributed by atoms with van der Waals surface area (Å²) in [6, 6.07) is 3.70. The molecular weight excluding hydrogens is 256 g/mol. The molecule has 0 aromatic carbocycles. The van der Waals surface area contributed by atoms with Gasteiger partial charge in [-0.05, 0) is 26.0 Å². The van der Waals surface area contributed by atoms with Gasteiger partial charge in [0.15, 0.2) is 0 Å². The van der Waals surface area contributed by atoms with E-state index in [4.69, 9.17) is 4.42 Å². The third kappa shape index (κ3) is 3.34. The molecule has 2 heterocycles. The molecule has 2 aromatic heterocycles. The summed E-state index contributed by atoms with van der Waals surface area (Å²) >= 11 is 0. The number of nitrogens with zero attached hydrogens (tertiary/aromatic N) is 3. The molecular formula is C14H18N4O2. The first-order valence-electron chi connectivity index (χ1n) is 6.62. The molecule has 0 aliphatic rings. The Hall–Kier alpha value is -2.37. The largest absolute Gasteiger partial charge is 0.467 e. The molecule has 6 nitrogen and oxygen atoms in total. The number of nitrogens with one attached hydrogen (secondary N) is 1. The van der Waals surface area contributed by atoms with Crippen molar-refractivity contribution in [3.63, 3.8) is 0 Å². The maximum absolute atomic E-state index is 12.1. The quantitative estimate of drug-likeness (QED) is 0.874. The third-order valence-electron chi connectivity index (χ3n) is 2.95. The molecule has 0 saturated carbocycles. The van der Waals surface area contributed by atoms with Crippen molar-refractivity contribution in [3.8, 4) is 0 Å². The molecule has 0 spiro atoms. The molecule has 106 valence electrons. The second kappa shape index (κ2) is 6.70. The minimum Gasteiger partial charge on any atom is -0.467 e. The number of aromatic nitrogens is 2. The van der Waals surface area contributed by atoms with Crippen LogP contribution >= 0.6 is 0 Å². The van der Waals surface area contributed by atoms with Crippen LogP contribution in [0.1, 0.15) is 30.1 Å². The fraction of sp³-hybridized carbons (Fsp3) is 0.357. The van der Waals surface area contributed by atoms with Crippen LogP contribution in [-0.2, 0) is 6.54 Å². The number of carbonyl (C=O) groups is 1. The predicted molar refractivity (Wildman–Crippen MR) is 75.3 cm³/mol. The van der Waals surface area contributed by atoms with Crippen molar-refractivity contribution >= 4 is 11.7 Å². The van der Waals surface area contributed by atoms with Gasteiger partial charge in [-0.2, -0.15) is 0 Å². The van der Waals surface area contributed by atoms with Crippen molar-refractivity contribution in [1.82, 2.24) is 14.9 Å². The summed E-state index contributed by atoms with van der Waals surface area (Å²) in [6.07, 6.45) is 4.67. The smallest absolute Gasteiger partial charge is 0.274 e. The van der Waals surface area contributed by atoms with Crippen molar-refractivity contribution in [3.05, 3.63) is 42.2 Å². The molecule has 1 N–H and O–H groups in total. The number of rotatable bonds is 6. The van der Waals surface area contributed by atoms with Crippen LogP contribution in [0.4, 0.5) is 5.82 Å². The van der Waals surface area contributed by atoms with Crippen LogP contribution in [0.5, 0.6) is 0 Å². The van der Waals surface area contributed by atoms with E-state index in [1.54, 1.807) is 17.4 Å². The SMILES string of the molecule is CCN(CC)C(=O)c1cnc(NCc2ccco2)cn1. The number of amides is 1. The van der Waals surface area contributed by atoms with E-state index in [1.807, 2.05) is 26.0 Å². The number of hydrogen-bond donors (Lipinski definition) is 1. The van der Waals surface area contributed by atoms with Crippen LogP contribution in [0.15, 0.2) is 35.2 Å². The first kappa shape index (κ1) is 14.0. The molecule has 0 atom stereocenters. The number of furan rings is 1. The van der Waals surface area contributed by atoms with Gasteiger partial charge in [-0.25, -0.2) is 9.97 Å². The van der Waals surface area contributed by atoms with Gasteiger partial charge in [0.25, 0.3) is 5.91 Å². The molecule has 0 aliphatic carbocycles. The lowest BCUT2D eigenvalue weighted by molar-refractivity contribution is 0.0766. The normalized spacial score (nSPS) is 10.3. The van der Waals surface area contributed by atoms with Gasteiger partial charge in [0.1, 0.15) is 17.3 Å². The second-order valence-electron chi connectivity index (χ2n) is 4.20. The molecule has 6 heteroatoms. The highest BCUT2D eigenvalue weighted by Crippen LogP contribution is 2.07. The van der Waals surface area contributed by atoms with Gasteiger partial charge in [-0.15, -0.1) is 0 Å². The minimum atomic E-state index is -0.0971. The van der Waals surface area contributed by atoms with Crippen LogP contribution in [0.25, 0.3) is 0 Å². The number of carbonyl (C=O) groups excluding carboxylic acids is 1. The Kier molecular flexibility index (Phi) is 4.70. The van der Waals surface area contributed by atoms with Crippen LogP contribution in [0.3, 0.4) is 0 Å².